The van der Waals surface area contributed by atoms with Gasteiger partial charge in [-0.15, -0.1) is 0 Å². The highest BCUT2D eigenvalue weighted by atomic mass is 32.2. The zero-order valence-electron chi connectivity index (χ0n) is 15.6. The van der Waals surface area contributed by atoms with Crippen LogP contribution in [0.3, 0.4) is 0 Å². The maximum Gasteiger partial charge on any atom is 0.249 e. The normalized spacial score (nSPS) is 19.2. The van der Waals surface area contributed by atoms with Crippen molar-refractivity contribution in [3.8, 4) is 0 Å². The monoisotopic (exact) mass is 383 g/mol. The summed E-state index contributed by atoms with van der Waals surface area (Å²) in [6, 6.07) is 8.27. The number of hydrogen-bond acceptors (Lipinski definition) is 5. The molecule has 3 unspecified atom stereocenters. The highest BCUT2D eigenvalue weighted by Gasteiger charge is 2.40. The van der Waals surface area contributed by atoms with E-state index in [4.69, 9.17) is 5.21 Å². The zero-order valence-corrected chi connectivity index (χ0v) is 16.4. The van der Waals surface area contributed by atoms with Gasteiger partial charge >= 0.3 is 0 Å². The lowest BCUT2D eigenvalue weighted by atomic mass is 9.93. The number of piperazine rings is 1. The molecule has 2 rings (SSSR count). The van der Waals surface area contributed by atoms with Gasteiger partial charge in [0.1, 0.15) is 5.37 Å². The average Bonchev–Trinajstić information content (AvgIpc) is 2.65. The van der Waals surface area contributed by atoms with Crippen molar-refractivity contribution < 1.29 is 18.8 Å². The van der Waals surface area contributed by atoms with Crippen LogP contribution in [-0.4, -0.2) is 56.3 Å². The van der Waals surface area contributed by atoms with E-state index in [9.17, 15) is 13.6 Å². The van der Waals surface area contributed by atoms with E-state index in [1.54, 1.807) is 5.48 Å². The van der Waals surface area contributed by atoms with E-state index in [1.807, 2.05) is 30.9 Å². The molecule has 3 N–H and O–H groups in total. The number of carbonyl (C=O) groups is 1. The number of nitrogens with one attached hydrogen (secondary N) is 1. The summed E-state index contributed by atoms with van der Waals surface area (Å²) in [5.41, 5.74) is 4.13. The first-order valence-electron chi connectivity index (χ1n) is 9.01. The Morgan fingerprint density at radius 3 is 2.35 bits per heavy atom. The number of para-hydroxylation sites is 1. The van der Waals surface area contributed by atoms with Crippen LogP contribution >= 0.6 is 0 Å². The third-order valence-electron chi connectivity index (χ3n) is 5.03. The van der Waals surface area contributed by atoms with Crippen LogP contribution in [0.4, 0.5) is 5.69 Å². The second-order valence-electron chi connectivity index (χ2n) is 6.92. The van der Waals surface area contributed by atoms with Crippen LogP contribution in [0, 0.1) is 11.8 Å². The number of hydrogen-bond donors (Lipinski definition) is 3. The van der Waals surface area contributed by atoms with Gasteiger partial charge in [0, 0.05) is 31.9 Å². The molecule has 8 heteroatoms. The van der Waals surface area contributed by atoms with Gasteiger partial charge in [-0.1, -0.05) is 39.0 Å². The fourth-order valence-corrected chi connectivity index (χ4v) is 4.81. The molecule has 1 aliphatic heterocycles. The SMILES string of the molecule is CCc1ccccc1N1CCN(C(C(C(=O)NO)C(C)C)S(=O)O)CC1. The van der Waals surface area contributed by atoms with E-state index in [0.717, 1.165) is 19.5 Å². The second kappa shape index (κ2) is 9.45. The fourth-order valence-electron chi connectivity index (χ4n) is 3.65. The number of rotatable bonds is 7. The molecule has 1 aromatic carbocycles. The molecular formula is C18H29N3O4S. The second-order valence-corrected chi connectivity index (χ2v) is 7.95. The molecule has 3 atom stereocenters. The summed E-state index contributed by atoms with van der Waals surface area (Å²) < 4.78 is 21.9. The summed E-state index contributed by atoms with van der Waals surface area (Å²) in [6.07, 6.45) is 0.950. The lowest BCUT2D eigenvalue weighted by Crippen LogP contribution is -2.57. The molecule has 0 aliphatic carbocycles. The Bertz CT molecular complexity index is 633. The zero-order chi connectivity index (χ0) is 19.3. The van der Waals surface area contributed by atoms with E-state index in [-0.39, 0.29) is 5.92 Å². The van der Waals surface area contributed by atoms with E-state index < -0.39 is 28.3 Å². The van der Waals surface area contributed by atoms with Crippen molar-refractivity contribution in [2.75, 3.05) is 31.1 Å². The third kappa shape index (κ3) is 4.62. The first kappa shape index (κ1) is 20.8. The number of anilines is 1. The Hall–Kier alpha value is -1.48. The predicted octanol–water partition coefficient (Wildman–Crippen LogP) is 1.70. The molecule has 26 heavy (non-hydrogen) atoms. The molecule has 7 nitrogen and oxygen atoms in total. The highest BCUT2D eigenvalue weighted by Crippen LogP contribution is 2.27. The maximum atomic E-state index is 12.1. The molecule has 0 aromatic heterocycles. The van der Waals surface area contributed by atoms with Crippen molar-refractivity contribution >= 4 is 22.7 Å². The minimum Gasteiger partial charge on any atom is -0.369 e. The number of carbonyl (C=O) groups excluding carboxylic acids is 1. The fraction of sp³-hybridized carbons (Fsp3) is 0.611. The van der Waals surface area contributed by atoms with Gasteiger partial charge in [0.05, 0.1) is 5.92 Å². The number of aryl methyl sites for hydroxylation is 1. The van der Waals surface area contributed by atoms with E-state index >= 15 is 0 Å². The van der Waals surface area contributed by atoms with Crippen LogP contribution in [0.15, 0.2) is 24.3 Å². The minimum atomic E-state index is -2.20. The minimum absolute atomic E-state index is 0.179. The van der Waals surface area contributed by atoms with Crippen LogP contribution in [-0.2, 0) is 22.3 Å². The molecule has 1 heterocycles. The van der Waals surface area contributed by atoms with Gasteiger partial charge in [-0.25, -0.2) is 9.69 Å². The van der Waals surface area contributed by atoms with Crippen molar-refractivity contribution in [3.05, 3.63) is 29.8 Å². The average molecular weight is 384 g/mol. The number of nitrogens with zero attached hydrogens (tertiary/aromatic N) is 2. The maximum absolute atomic E-state index is 12.1. The number of amides is 1. The number of benzene rings is 1. The topological polar surface area (TPSA) is 93.1 Å². The van der Waals surface area contributed by atoms with Crippen molar-refractivity contribution in [2.24, 2.45) is 11.8 Å². The van der Waals surface area contributed by atoms with Gasteiger partial charge in [-0.05, 0) is 24.0 Å². The van der Waals surface area contributed by atoms with Crippen LogP contribution in [0.5, 0.6) is 0 Å². The Kier molecular flexibility index (Phi) is 7.57. The molecular weight excluding hydrogens is 354 g/mol. The van der Waals surface area contributed by atoms with Crippen LogP contribution in [0.2, 0.25) is 0 Å². The first-order chi connectivity index (χ1) is 12.4. The number of hydroxylamine groups is 1. The van der Waals surface area contributed by atoms with Gasteiger partial charge in [0.15, 0.2) is 11.1 Å². The van der Waals surface area contributed by atoms with Crippen LogP contribution in [0.1, 0.15) is 26.3 Å². The van der Waals surface area contributed by atoms with Crippen LogP contribution < -0.4 is 10.4 Å². The lowest BCUT2D eigenvalue weighted by Gasteiger charge is -2.42. The van der Waals surface area contributed by atoms with Crippen molar-refractivity contribution in [1.82, 2.24) is 10.4 Å². The Balaban J connectivity index is 2.15. The van der Waals surface area contributed by atoms with Gasteiger partial charge in [0.2, 0.25) is 5.91 Å². The lowest BCUT2D eigenvalue weighted by molar-refractivity contribution is -0.136. The molecule has 0 spiro atoms. The molecule has 1 aromatic rings. The molecule has 146 valence electrons. The summed E-state index contributed by atoms with van der Waals surface area (Å²) in [7, 11) is 0. The molecule has 1 amide bonds. The summed E-state index contributed by atoms with van der Waals surface area (Å²) in [5.74, 6) is -1.56. The Labute approximate surface area is 157 Å². The van der Waals surface area contributed by atoms with Gasteiger partial charge in [-0.3, -0.25) is 14.9 Å². The quantitative estimate of drug-likeness (QED) is 0.377. The Morgan fingerprint density at radius 2 is 1.85 bits per heavy atom. The van der Waals surface area contributed by atoms with E-state index in [1.165, 1.54) is 11.3 Å². The van der Waals surface area contributed by atoms with Gasteiger partial charge in [0.25, 0.3) is 0 Å². The van der Waals surface area contributed by atoms with Crippen molar-refractivity contribution in [1.29, 1.82) is 0 Å². The predicted molar refractivity (Wildman–Crippen MR) is 102 cm³/mol. The standard InChI is InChI=1S/C18H29N3O4S/c1-4-14-7-5-6-8-15(14)20-9-11-21(12-10-20)18(26(24)25)16(13(2)3)17(22)19-23/h5-8,13,16,18,23H,4,9-12H2,1-3H3,(H,19,22)(H,24,25). The summed E-state index contributed by atoms with van der Waals surface area (Å²) in [5, 5.41) is 8.18. The van der Waals surface area contributed by atoms with Crippen molar-refractivity contribution in [3.63, 3.8) is 0 Å². The molecule has 1 aliphatic rings. The summed E-state index contributed by atoms with van der Waals surface area (Å²) in [6.45, 7) is 8.35. The van der Waals surface area contributed by atoms with Gasteiger partial charge in [-0.2, -0.15) is 0 Å². The van der Waals surface area contributed by atoms with E-state index in [0.29, 0.717) is 13.1 Å². The highest BCUT2D eigenvalue weighted by molar-refractivity contribution is 7.79. The summed E-state index contributed by atoms with van der Waals surface area (Å²) in [4.78, 5) is 16.2. The first-order valence-corrected chi connectivity index (χ1v) is 10.2. The molecule has 1 fully saturated rings. The summed E-state index contributed by atoms with van der Waals surface area (Å²) >= 11 is -2.20. The third-order valence-corrected chi connectivity index (χ3v) is 6.04. The molecule has 0 saturated carbocycles. The molecule has 1 saturated heterocycles. The molecule has 0 radical (unpaired) electrons. The van der Waals surface area contributed by atoms with Crippen LogP contribution in [0.25, 0.3) is 0 Å². The van der Waals surface area contributed by atoms with E-state index in [2.05, 4.69) is 24.0 Å². The van der Waals surface area contributed by atoms with Gasteiger partial charge < -0.3 is 9.45 Å². The Morgan fingerprint density at radius 1 is 1.23 bits per heavy atom. The smallest absolute Gasteiger partial charge is 0.249 e. The van der Waals surface area contributed by atoms with Crippen molar-refractivity contribution in [2.45, 2.75) is 32.6 Å². The molecule has 0 bridgehead atoms. The largest absolute Gasteiger partial charge is 0.369 e.